The summed E-state index contributed by atoms with van der Waals surface area (Å²) in [6.45, 7) is -0.472. The average molecular weight is 388 g/mol. The van der Waals surface area contributed by atoms with Crippen molar-refractivity contribution in [2.75, 3.05) is 20.3 Å². The summed E-state index contributed by atoms with van der Waals surface area (Å²) in [7, 11) is 1.62. The van der Waals surface area contributed by atoms with Crippen LogP contribution in [0, 0.1) is 5.82 Å². The number of esters is 1. The molecule has 0 aliphatic carbocycles. The zero-order valence-electron chi connectivity index (χ0n) is 14.6. The highest BCUT2D eigenvalue weighted by Gasteiger charge is 2.15. The zero-order valence-corrected chi connectivity index (χ0v) is 15.4. The number of para-hydroxylation sites is 1. The molecule has 0 unspecified atom stereocenters. The highest BCUT2D eigenvalue weighted by molar-refractivity contribution is 7.18. The molecule has 0 saturated carbocycles. The van der Waals surface area contributed by atoms with Gasteiger partial charge in [-0.15, -0.1) is 11.3 Å². The van der Waals surface area contributed by atoms with Gasteiger partial charge in [-0.25, -0.2) is 14.2 Å². The molecule has 6 nitrogen and oxygen atoms in total. The highest BCUT2D eigenvalue weighted by Crippen LogP contribution is 2.22. The van der Waals surface area contributed by atoms with Gasteiger partial charge in [0, 0.05) is 13.1 Å². The standard InChI is InChI=1S/C19H17FN2O4S/c1-22(10-17-21-15-7-2-3-8-16(15)27-17)18(23)11-26-19(24)12-25-14-6-4-5-13(20)9-14/h2-9H,10-12H2,1H3. The number of carbonyl (C=O) groups is 2. The lowest BCUT2D eigenvalue weighted by atomic mass is 10.3. The summed E-state index contributed by atoms with van der Waals surface area (Å²) in [4.78, 5) is 29.7. The first-order valence-corrected chi connectivity index (χ1v) is 8.95. The third kappa shape index (κ3) is 5.24. The van der Waals surface area contributed by atoms with Gasteiger partial charge in [0.05, 0.1) is 16.8 Å². The van der Waals surface area contributed by atoms with Crippen LogP contribution in [0.5, 0.6) is 5.75 Å². The Morgan fingerprint density at radius 2 is 1.96 bits per heavy atom. The first-order chi connectivity index (χ1) is 13.0. The minimum absolute atomic E-state index is 0.214. The molecule has 140 valence electrons. The van der Waals surface area contributed by atoms with Crippen LogP contribution < -0.4 is 4.74 Å². The summed E-state index contributed by atoms with van der Waals surface area (Å²) in [6.07, 6.45) is 0. The van der Waals surface area contributed by atoms with Gasteiger partial charge >= 0.3 is 5.97 Å². The zero-order chi connectivity index (χ0) is 19.2. The Labute approximate surface area is 159 Å². The quantitative estimate of drug-likeness (QED) is 0.582. The molecule has 2 aromatic carbocycles. The van der Waals surface area contributed by atoms with E-state index in [0.717, 1.165) is 21.3 Å². The lowest BCUT2D eigenvalue weighted by Gasteiger charge is -2.15. The first kappa shape index (κ1) is 18.8. The molecule has 1 heterocycles. The smallest absolute Gasteiger partial charge is 0.344 e. The van der Waals surface area contributed by atoms with E-state index in [9.17, 15) is 14.0 Å². The maximum absolute atomic E-state index is 13.0. The maximum Gasteiger partial charge on any atom is 0.344 e. The van der Waals surface area contributed by atoms with Gasteiger partial charge in [-0.05, 0) is 24.3 Å². The Morgan fingerprint density at radius 3 is 2.74 bits per heavy atom. The van der Waals surface area contributed by atoms with Crippen LogP contribution in [0.2, 0.25) is 0 Å². The van der Waals surface area contributed by atoms with Gasteiger partial charge in [0.1, 0.15) is 16.6 Å². The summed E-state index contributed by atoms with van der Waals surface area (Å²) >= 11 is 1.51. The minimum atomic E-state index is -0.707. The fourth-order valence-electron chi connectivity index (χ4n) is 2.27. The van der Waals surface area contributed by atoms with E-state index in [1.165, 1.54) is 34.4 Å². The molecular weight excluding hydrogens is 371 g/mol. The first-order valence-electron chi connectivity index (χ1n) is 8.13. The van der Waals surface area contributed by atoms with Gasteiger partial charge in [-0.2, -0.15) is 0 Å². The second-order valence-corrected chi connectivity index (χ2v) is 6.85. The van der Waals surface area contributed by atoms with E-state index in [2.05, 4.69) is 4.98 Å². The number of rotatable bonds is 7. The molecule has 0 atom stereocenters. The lowest BCUT2D eigenvalue weighted by Crippen LogP contribution is -2.31. The number of fused-ring (bicyclic) bond motifs is 1. The molecule has 3 aromatic rings. The topological polar surface area (TPSA) is 68.7 Å². The largest absolute Gasteiger partial charge is 0.482 e. The Balaban J connectivity index is 1.44. The van der Waals surface area contributed by atoms with Crippen LogP contribution in [0.25, 0.3) is 10.2 Å². The van der Waals surface area contributed by atoms with Crippen molar-refractivity contribution in [1.82, 2.24) is 9.88 Å². The van der Waals surface area contributed by atoms with Gasteiger partial charge in [0.25, 0.3) is 5.91 Å². The summed E-state index contributed by atoms with van der Waals surface area (Å²) in [5.74, 6) is -1.31. The molecule has 1 aromatic heterocycles. The molecule has 0 fully saturated rings. The van der Waals surface area contributed by atoms with Crippen LogP contribution in [-0.2, 0) is 20.9 Å². The van der Waals surface area contributed by atoms with Gasteiger partial charge in [-0.3, -0.25) is 4.79 Å². The van der Waals surface area contributed by atoms with Crippen molar-refractivity contribution in [2.45, 2.75) is 6.54 Å². The molecule has 0 radical (unpaired) electrons. The number of halogens is 1. The number of benzene rings is 2. The van der Waals surface area contributed by atoms with Crippen molar-refractivity contribution < 1.29 is 23.5 Å². The Bertz CT molecular complexity index is 927. The van der Waals surface area contributed by atoms with Crippen LogP contribution in [-0.4, -0.2) is 42.0 Å². The van der Waals surface area contributed by atoms with Crippen LogP contribution in [0.3, 0.4) is 0 Å². The average Bonchev–Trinajstić information content (AvgIpc) is 3.06. The van der Waals surface area contributed by atoms with Crippen molar-refractivity contribution in [3.8, 4) is 5.75 Å². The molecular formula is C19H17FN2O4S. The molecule has 0 aliphatic rings. The van der Waals surface area contributed by atoms with Crippen LogP contribution in [0.15, 0.2) is 48.5 Å². The van der Waals surface area contributed by atoms with E-state index >= 15 is 0 Å². The van der Waals surface area contributed by atoms with Gasteiger partial charge in [0.2, 0.25) is 0 Å². The molecule has 0 spiro atoms. The van der Waals surface area contributed by atoms with E-state index < -0.39 is 25.0 Å². The molecule has 27 heavy (non-hydrogen) atoms. The molecule has 0 N–H and O–H groups in total. The summed E-state index contributed by atoms with van der Waals surface area (Å²) in [5.41, 5.74) is 0.888. The van der Waals surface area contributed by atoms with Gasteiger partial charge in [0.15, 0.2) is 13.2 Å². The number of ether oxygens (including phenoxy) is 2. The molecule has 1 amide bonds. The van der Waals surface area contributed by atoms with Crippen molar-refractivity contribution in [2.24, 2.45) is 0 Å². The normalized spacial score (nSPS) is 10.6. The molecule has 3 rings (SSSR count). The van der Waals surface area contributed by atoms with Gasteiger partial charge in [-0.1, -0.05) is 18.2 Å². The second-order valence-electron chi connectivity index (χ2n) is 5.73. The number of thiazole rings is 1. The Morgan fingerprint density at radius 1 is 1.15 bits per heavy atom. The summed E-state index contributed by atoms with van der Waals surface area (Å²) in [5, 5.41) is 0.799. The number of hydrogen-bond acceptors (Lipinski definition) is 6. The third-order valence-corrected chi connectivity index (χ3v) is 4.67. The fraction of sp³-hybridized carbons (Fsp3) is 0.211. The number of carbonyl (C=O) groups excluding carboxylic acids is 2. The van der Waals surface area contributed by atoms with E-state index in [0.29, 0.717) is 6.54 Å². The fourth-order valence-corrected chi connectivity index (χ4v) is 3.29. The molecule has 0 bridgehead atoms. The third-order valence-electron chi connectivity index (χ3n) is 3.65. The van der Waals surface area contributed by atoms with Crippen LogP contribution in [0.4, 0.5) is 4.39 Å². The summed E-state index contributed by atoms with van der Waals surface area (Å²) < 4.78 is 24.1. The number of nitrogens with zero attached hydrogens (tertiary/aromatic N) is 2. The van der Waals surface area contributed by atoms with Crippen molar-refractivity contribution in [1.29, 1.82) is 0 Å². The van der Waals surface area contributed by atoms with Crippen molar-refractivity contribution in [3.63, 3.8) is 0 Å². The van der Waals surface area contributed by atoms with E-state index in [4.69, 9.17) is 9.47 Å². The molecule has 0 saturated heterocycles. The lowest BCUT2D eigenvalue weighted by molar-refractivity contribution is -0.153. The minimum Gasteiger partial charge on any atom is -0.482 e. The second kappa shape index (κ2) is 8.59. The van der Waals surface area contributed by atoms with E-state index in [1.54, 1.807) is 7.05 Å². The monoisotopic (exact) mass is 388 g/mol. The SMILES string of the molecule is CN(Cc1nc2ccccc2s1)C(=O)COC(=O)COc1cccc(F)c1. The van der Waals surface area contributed by atoms with E-state index in [1.807, 2.05) is 24.3 Å². The Kier molecular flexibility index (Phi) is 5.97. The van der Waals surface area contributed by atoms with Gasteiger partial charge < -0.3 is 14.4 Å². The van der Waals surface area contributed by atoms with E-state index in [-0.39, 0.29) is 11.7 Å². The highest BCUT2D eigenvalue weighted by atomic mass is 32.1. The molecule has 8 heteroatoms. The maximum atomic E-state index is 13.0. The number of hydrogen-bond donors (Lipinski definition) is 0. The Hall–Kier alpha value is -3.00. The number of likely N-dealkylation sites (N-methyl/N-ethyl adjacent to an activating group) is 1. The molecule has 0 aliphatic heterocycles. The van der Waals surface area contributed by atoms with Crippen LogP contribution in [0.1, 0.15) is 5.01 Å². The van der Waals surface area contributed by atoms with Crippen molar-refractivity contribution in [3.05, 3.63) is 59.4 Å². The van der Waals surface area contributed by atoms with Crippen LogP contribution >= 0.6 is 11.3 Å². The number of amides is 1. The van der Waals surface area contributed by atoms with Crippen molar-refractivity contribution >= 4 is 33.4 Å². The predicted octanol–water partition coefficient (Wildman–Crippen LogP) is 3.02. The summed E-state index contributed by atoms with van der Waals surface area (Å²) in [6, 6.07) is 13.1. The number of aromatic nitrogens is 1. The predicted molar refractivity (Wildman–Crippen MR) is 98.9 cm³/mol.